The molecular weight excluding hydrogens is 280 g/mol. The molecule has 2 N–H and O–H groups in total. The van der Waals surface area contributed by atoms with Crippen molar-refractivity contribution in [3.05, 3.63) is 35.4 Å². The van der Waals surface area contributed by atoms with E-state index >= 15 is 0 Å². The lowest BCUT2D eigenvalue weighted by molar-refractivity contribution is -0.148. The van der Waals surface area contributed by atoms with E-state index in [4.69, 9.17) is 5.11 Å². The third kappa shape index (κ3) is 3.77. The van der Waals surface area contributed by atoms with Crippen LogP contribution in [0.1, 0.15) is 31.2 Å². The van der Waals surface area contributed by atoms with Gasteiger partial charge in [-0.25, -0.2) is 8.78 Å². The second kappa shape index (κ2) is 6.65. The van der Waals surface area contributed by atoms with Crippen LogP contribution in [0.5, 0.6) is 0 Å². The van der Waals surface area contributed by atoms with Crippen LogP contribution in [-0.2, 0) is 16.1 Å². The lowest BCUT2D eigenvalue weighted by Gasteiger charge is -2.27. The van der Waals surface area contributed by atoms with E-state index in [0.717, 1.165) is 31.0 Å². The SMILES string of the molecule is O=C(O)C1CCCCC1C(=O)NCc1cc(F)ccc1F. The molecule has 1 aliphatic carbocycles. The largest absolute Gasteiger partial charge is 0.481 e. The average molecular weight is 297 g/mol. The van der Waals surface area contributed by atoms with Gasteiger partial charge in [-0.3, -0.25) is 9.59 Å². The van der Waals surface area contributed by atoms with Gasteiger partial charge in [0.25, 0.3) is 0 Å². The molecule has 0 radical (unpaired) electrons. The summed E-state index contributed by atoms with van der Waals surface area (Å²) in [7, 11) is 0. The summed E-state index contributed by atoms with van der Waals surface area (Å²) in [5, 5.41) is 11.6. The maximum atomic E-state index is 13.5. The third-order valence-electron chi connectivity index (χ3n) is 3.88. The second-order valence-corrected chi connectivity index (χ2v) is 5.29. The Hall–Kier alpha value is -1.98. The van der Waals surface area contributed by atoms with Crippen molar-refractivity contribution < 1.29 is 23.5 Å². The van der Waals surface area contributed by atoms with Gasteiger partial charge in [0, 0.05) is 12.1 Å². The Labute approximate surface area is 121 Å². The van der Waals surface area contributed by atoms with Crippen LogP contribution in [0.2, 0.25) is 0 Å². The number of carboxylic acid groups (broad SMARTS) is 1. The van der Waals surface area contributed by atoms with Crippen LogP contribution >= 0.6 is 0 Å². The number of hydrogen-bond donors (Lipinski definition) is 2. The van der Waals surface area contributed by atoms with Crippen molar-refractivity contribution in [1.29, 1.82) is 0 Å². The first-order chi connectivity index (χ1) is 9.99. The number of amides is 1. The molecule has 1 saturated carbocycles. The van der Waals surface area contributed by atoms with E-state index in [0.29, 0.717) is 12.8 Å². The predicted molar refractivity (Wildman–Crippen MR) is 71.3 cm³/mol. The second-order valence-electron chi connectivity index (χ2n) is 5.29. The molecule has 0 spiro atoms. The van der Waals surface area contributed by atoms with E-state index in [1.165, 1.54) is 0 Å². The Balaban J connectivity index is 2.00. The molecule has 1 aromatic carbocycles. The van der Waals surface area contributed by atoms with Gasteiger partial charge in [-0.05, 0) is 31.0 Å². The van der Waals surface area contributed by atoms with Crippen LogP contribution < -0.4 is 5.32 Å². The lowest BCUT2D eigenvalue weighted by Crippen LogP contribution is -2.39. The monoisotopic (exact) mass is 297 g/mol. The number of hydrogen-bond acceptors (Lipinski definition) is 2. The van der Waals surface area contributed by atoms with E-state index in [9.17, 15) is 18.4 Å². The molecule has 21 heavy (non-hydrogen) atoms. The van der Waals surface area contributed by atoms with E-state index in [2.05, 4.69) is 5.32 Å². The van der Waals surface area contributed by atoms with Gasteiger partial charge in [-0.1, -0.05) is 12.8 Å². The molecule has 6 heteroatoms. The number of carboxylic acids is 1. The lowest BCUT2D eigenvalue weighted by atomic mass is 9.78. The molecule has 2 atom stereocenters. The van der Waals surface area contributed by atoms with Gasteiger partial charge in [0.05, 0.1) is 11.8 Å². The summed E-state index contributed by atoms with van der Waals surface area (Å²) < 4.78 is 26.5. The van der Waals surface area contributed by atoms with Crippen LogP contribution in [0.15, 0.2) is 18.2 Å². The van der Waals surface area contributed by atoms with Crippen LogP contribution in [0, 0.1) is 23.5 Å². The molecule has 0 saturated heterocycles. The molecule has 1 amide bonds. The molecule has 1 aromatic rings. The Morgan fingerprint density at radius 2 is 1.86 bits per heavy atom. The fourth-order valence-corrected chi connectivity index (χ4v) is 2.73. The highest BCUT2D eigenvalue weighted by Gasteiger charge is 2.35. The summed E-state index contributed by atoms with van der Waals surface area (Å²) in [6.07, 6.45) is 2.58. The number of carbonyl (C=O) groups is 2. The minimum absolute atomic E-state index is 0.0473. The first kappa shape index (κ1) is 15.4. The minimum Gasteiger partial charge on any atom is -0.481 e. The summed E-state index contributed by atoms with van der Waals surface area (Å²) in [6, 6.07) is 3.02. The maximum Gasteiger partial charge on any atom is 0.307 e. The van der Waals surface area contributed by atoms with Gasteiger partial charge in [0.1, 0.15) is 11.6 Å². The molecule has 0 aliphatic heterocycles. The zero-order chi connectivity index (χ0) is 15.4. The van der Waals surface area contributed by atoms with Crippen LogP contribution in [-0.4, -0.2) is 17.0 Å². The van der Waals surface area contributed by atoms with Crippen molar-refractivity contribution in [3.8, 4) is 0 Å². The first-order valence-electron chi connectivity index (χ1n) is 6.93. The molecule has 0 aromatic heterocycles. The zero-order valence-electron chi connectivity index (χ0n) is 11.4. The quantitative estimate of drug-likeness (QED) is 0.897. The summed E-state index contributed by atoms with van der Waals surface area (Å²) in [4.78, 5) is 23.2. The van der Waals surface area contributed by atoms with E-state index in [1.54, 1.807) is 0 Å². The smallest absolute Gasteiger partial charge is 0.307 e. The minimum atomic E-state index is -0.980. The molecule has 4 nitrogen and oxygen atoms in total. The third-order valence-corrected chi connectivity index (χ3v) is 3.88. The van der Waals surface area contributed by atoms with Gasteiger partial charge in [-0.2, -0.15) is 0 Å². The standard InChI is InChI=1S/C15H17F2NO3/c16-10-5-6-13(17)9(7-10)8-18-14(19)11-3-1-2-4-12(11)15(20)21/h5-7,11-12H,1-4,8H2,(H,18,19)(H,20,21). The first-order valence-corrected chi connectivity index (χ1v) is 6.93. The highest BCUT2D eigenvalue weighted by molar-refractivity contribution is 5.84. The van der Waals surface area contributed by atoms with Crippen molar-refractivity contribution in [2.75, 3.05) is 0 Å². The van der Waals surface area contributed by atoms with Crippen molar-refractivity contribution >= 4 is 11.9 Å². The van der Waals surface area contributed by atoms with Gasteiger partial charge in [0.2, 0.25) is 5.91 Å². The Morgan fingerprint density at radius 1 is 1.19 bits per heavy atom. The molecule has 2 rings (SSSR count). The van der Waals surface area contributed by atoms with E-state index < -0.39 is 35.3 Å². The summed E-state index contributed by atoms with van der Waals surface area (Å²) >= 11 is 0. The average Bonchev–Trinajstić information content (AvgIpc) is 2.47. The number of benzene rings is 1. The molecular formula is C15H17F2NO3. The highest BCUT2D eigenvalue weighted by atomic mass is 19.1. The normalized spacial score (nSPS) is 21.8. The molecule has 114 valence electrons. The highest BCUT2D eigenvalue weighted by Crippen LogP contribution is 2.30. The number of carbonyl (C=O) groups excluding carboxylic acids is 1. The summed E-state index contributed by atoms with van der Waals surface area (Å²) in [5.41, 5.74) is 0.0473. The van der Waals surface area contributed by atoms with E-state index in [1.807, 2.05) is 0 Å². The van der Waals surface area contributed by atoms with Crippen LogP contribution in [0.3, 0.4) is 0 Å². The zero-order valence-corrected chi connectivity index (χ0v) is 11.4. The number of aliphatic carboxylic acids is 1. The van der Waals surface area contributed by atoms with Gasteiger partial charge in [-0.15, -0.1) is 0 Å². The van der Waals surface area contributed by atoms with Crippen molar-refractivity contribution in [2.24, 2.45) is 11.8 Å². The number of rotatable bonds is 4. The molecule has 2 unspecified atom stereocenters. The molecule has 0 bridgehead atoms. The number of halogens is 2. The Bertz CT molecular complexity index is 548. The Kier molecular flexibility index (Phi) is 4.88. The van der Waals surface area contributed by atoms with Crippen LogP contribution in [0.25, 0.3) is 0 Å². The van der Waals surface area contributed by atoms with Crippen molar-refractivity contribution in [3.63, 3.8) is 0 Å². The van der Waals surface area contributed by atoms with Crippen LogP contribution in [0.4, 0.5) is 8.78 Å². The summed E-state index contributed by atoms with van der Waals surface area (Å²) in [6.45, 7) is -0.148. The topological polar surface area (TPSA) is 66.4 Å². The molecule has 0 heterocycles. The van der Waals surface area contributed by atoms with Crippen molar-refractivity contribution in [2.45, 2.75) is 32.2 Å². The molecule has 1 fully saturated rings. The Morgan fingerprint density at radius 3 is 2.52 bits per heavy atom. The summed E-state index contributed by atoms with van der Waals surface area (Å²) in [5.74, 6) is -3.88. The van der Waals surface area contributed by atoms with Gasteiger partial charge in [0.15, 0.2) is 0 Å². The van der Waals surface area contributed by atoms with Gasteiger partial charge < -0.3 is 10.4 Å². The molecule has 1 aliphatic rings. The fourth-order valence-electron chi connectivity index (χ4n) is 2.73. The van der Waals surface area contributed by atoms with E-state index in [-0.39, 0.29) is 12.1 Å². The maximum absolute atomic E-state index is 13.5. The predicted octanol–water partition coefficient (Wildman–Crippen LogP) is 2.47. The van der Waals surface area contributed by atoms with Crippen molar-refractivity contribution in [1.82, 2.24) is 5.32 Å². The fraction of sp³-hybridized carbons (Fsp3) is 0.467. The number of nitrogens with one attached hydrogen (secondary N) is 1. The van der Waals surface area contributed by atoms with Gasteiger partial charge >= 0.3 is 5.97 Å².